The van der Waals surface area contributed by atoms with Gasteiger partial charge in [-0.1, -0.05) is 41.4 Å². The second-order valence-corrected chi connectivity index (χ2v) is 6.25. The molecule has 0 aromatic heterocycles. The van der Waals surface area contributed by atoms with E-state index < -0.39 is 10.9 Å². The Morgan fingerprint density at radius 1 is 0.826 bits per heavy atom. The molecule has 0 unspecified atom stereocenters. The second-order valence-electron chi connectivity index (χ2n) is 5.81. The van der Waals surface area contributed by atoms with Crippen LogP contribution in [-0.2, 0) is 0 Å². The Bertz CT molecular complexity index is 941. The van der Waals surface area contributed by atoms with E-state index in [0.29, 0.717) is 21.8 Å². The molecule has 0 spiro atoms. The third-order valence-electron chi connectivity index (χ3n) is 3.97. The van der Waals surface area contributed by atoms with Crippen LogP contribution in [0.25, 0.3) is 11.1 Å². The predicted molar refractivity (Wildman–Crippen MR) is 95.7 cm³/mol. The number of halogens is 1. The second kappa shape index (κ2) is 5.67. The van der Waals surface area contributed by atoms with E-state index in [2.05, 4.69) is 5.32 Å². The fourth-order valence-electron chi connectivity index (χ4n) is 2.91. The van der Waals surface area contributed by atoms with E-state index in [4.69, 9.17) is 11.6 Å². The summed E-state index contributed by atoms with van der Waals surface area (Å²) in [4.78, 5) is 24.0. The number of nitrogens with one attached hydrogen (secondary N) is 1. The summed E-state index contributed by atoms with van der Waals surface area (Å²) in [7, 11) is 0. The molecule has 0 heterocycles. The lowest BCUT2D eigenvalue weighted by Crippen LogP contribution is -2.35. The topological polar surface area (TPSA) is 46.2 Å². The first-order valence-corrected chi connectivity index (χ1v) is 7.70. The molecule has 23 heavy (non-hydrogen) atoms. The van der Waals surface area contributed by atoms with Crippen molar-refractivity contribution in [1.82, 2.24) is 0 Å². The summed E-state index contributed by atoms with van der Waals surface area (Å²) < 4.78 is 0. The van der Waals surface area contributed by atoms with Crippen molar-refractivity contribution in [3.63, 3.8) is 0 Å². The highest BCUT2D eigenvalue weighted by molar-refractivity contribution is 6.30. The Morgan fingerprint density at radius 2 is 1.39 bits per heavy atom. The molecular weight excluding hydrogens is 310 g/mol. The third kappa shape index (κ3) is 2.68. The smallest absolute Gasteiger partial charge is 0.250 e. The van der Waals surface area contributed by atoms with Crippen LogP contribution in [0.2, 0.25) is 5.02 Å². The number of hydrogen-bond donors (Lipinski definition) is 1. The molecule has 0 fully saturated rings. The van der Waals surface area contributed by atoms with Crippen molar-refractivity contribution >= 4 is 23.0 Å². The molecule has 1 N–H and O–H groups in total. The van der Waals surface area contributed by atoms with Crippen molar-refractivity contribution in [2.75, 3.05) is 5.32 Å². The summed E-state index contributed by atoms with van der Waals surface area (Å²) in [5.41, 5.74) is 4.65. The van der Waals surface area contributed by atoms with Gasteiger partial charge in [0.15, 0.2) is 0 Å². The highest BCUT2D eigenvalue weighted by atomic mass is 35.5. The molecule has 0 saturated heterocycles. The van der Waals surface area contributed by atoms with Gasteiger partial charge in [0.05, 0.1) is 5.56 Å². The van der Waals surface area contributed by atoms with Gasteiger partial charge in [0.2, 0.25) is 5.43 Å². The number of rotatable bonds is 3. The van der Waals surface area contributed by atoms with Crippen LogP contribution >= 0.6 is 11.6 Å². The van der Waals surface area contributed by atoms with E-state index in [1.807, 2.05) is 32.9 Å². The lowest BCUT2D eigenvalue weighted by molar-refractivity contribution is 1.29. The Labute approximate surface area is 139 Å². The fourth-order valence-corrected chi connectivity index (χ4v) is 3.03. The molecule has 3 aromatic carbocycles. The van der Waals surface area contributed by atoms with Gasteiger partial charge in [0.25, 0.3) is 5.43 Å². The van der Waals surface area contributed by atoms with Gasteiger partial charge >= 0.3 is 0 Å². The zero-order chi connectivity index (χ0) is 16.7. The van der Waals surface area contributed by atoms with Gasteiger partial charge in [-0.3, -0.25) is 9.59 Å². The maximum absolute atomic E-state index is 12.0. The van der Waals surface area contributed by atoms with Crippen molar-refractivity contribution in [3.8, 4) is 11.1 Å². The van der Waals surface area contributed by atoms with E-state index >= 15 is 0 Å². The van der Waals surface area contributed by atoms with Crippen LogP contribution < -0.4 is 16.2 Å². The van der Waals surface area contributed by atoms with Gasteiger partial charge in [-0.15, -0.1) is 0 Å². The van der Waals surface area contributed by atoms with E-state index in [9.17, 15) is 9.59 Å². The molecule has 0 aliphatic carbocycles. The minimum absolute atomic E-state index is 0.354. The first-order chi connectivity index (χ1) is 10.9. The van der Waals surface area contributed by atoms with Crippen molar-refractivity contribution in [2.24, 2.45) is 0 Å². The molecule has 3 nitrogen and oxygen atoms in total. The predicted octanol–water partition coefficient (Wildman–Crippen LogP) is 4.27. The van der Waals surface area contributed by atoms with Crippen LogP contribution in [0.4, 0.5) is 11.4 Å². The largest absolute Gasteiger partial charge is 0.351 e. The molecular formula is C19H16ClNO2. The van der Waals surface area contributed by atoms with Crippen LogP contribution in [0.3, 0.4) is 0 Å². The summed E-state index contributed by atoms with van der Waals surface area (Å²) in [5.74, 6) is 0. The SMILES string of the molecule is Cc1cc(C)c(Nc2c(-c3ccc(Cl)cc3)c(=O)c2=O)c(C)c1. The van der Waals surface area contributed by atoms with Gasteiger partial charge in [-0.05, 0) is 49.6 Å². The maximum Gasteiger partial charge on any atom is 0.250 e. The molecule has 3 rings (SSSR count). The molecule has 0 radical (unpaired) electrons. The maximum atomic E-state index is 12.0. The molecule has 0 amide bonds. The molecule has 0 saturated carbocycles. The summed E-state index contributed by atoms with van der Waals surface area (Å²) in [6.45, 7) is 5.99. The number of aryl methyl sites for hydroxylation is 3. The van der Waals surface area contributed by atoms with Crippen molar-refractivity contribution in [2.45, 2.75) is 20.8 Å². The van der Waals surface area contributed by atoms with Crippen molar-refractivity contribution < 1.29 is 0 Å². The molecule has 0 aliphatic heterocycles. The van der Waals surface area contributed by atoms with Crippen molar-refractivity contribution in [1.29, 1.82) is 0 Å². The summed E-state index contributed by atoms with van der Waals surface area (Å²) in [6.07, 6.45) is 0. The lowest BCUT2D eigenvalue weighted by Gasteiger charge is -2.17. The highest BCUT2D eigenvalue weighted by Gasteiger charge is 2.23. The first kappa shape index (κ1) is 15.5. The normalized spacial score (nSPS) is 11.0. The van der Waals surface area contributed by atoms with Crippen LogP contribution in [0, 0.1) is 20.8 Å². The Morgan fingerprint density at radius 3 is 1.96 bits per heavy atom. The zero-order valence-electron chi connectivity index (χ0n) is 13.2. The van der Waals surface area contributed by atoms with Crippen molar-refractivity contribution in [3.05, 3.63) is 78.6 Å². The Kier molecular flexibility index (Phi) is 3.82. The van der Waals surface area contributed by atoms with E-state index in [1.54, 1.807) is 24.3 Å². The van der Waals surface area contributed by atoms with Gasteiger partial charge in [-0.25, -0.2) is 0 Å². The van der Waals surface area contributed by atoms with Gasteiger partial charge in [0.1, 0.15) is 5.69 Å². The standard InChI is InChI=1S/C19H16ClNO2/c1-10-8-11(2)16(12(3)9-10)21-17-15(18(22)19(17)23)13-4-6-14(20)7-5-13/h4-9,21H,1-3H3. The number of anilines is 2. The molecule has 0 atom stereocenters. The summed E-state index contributed by atoms with van der Waals surface area (Å²) in [6, 6.07) is 11.0. The Hall–Kier alpha value is -2.39. The first-order valence-electron chi connectivity index (χ1n) is 7.32. The molecule has 0 bridgehead atoms. The summed E-state index contributed by atoms with van der Waals surface area (Å²) >= 11 is 5.88. The third-order valence-corrected chi connectivity index (χ3v) is 4.22. The summed E-state index contributed by atoms with van der Waals surface area (Å²) in [5, 5.41) is 3.75. The van der Waals surface area contributed by atoms with Crippen LogP contribution in [0.15, 0.2) is 46.0 Å². The minimum Gasteiger partial charge on any atom is -0.351 e. The highest BCUT2D eigenvalue weighted by Crippen LogP contribution is 2.30. The number of benzene rings is 2. The lowest BCUT2D eigenvalue weighted by atomic mass is 9.97. The molecule has 3 aromatic rings. The average molecular weight is 326 g/mol. The van der Waals surface area contributed by atoms with E-state index in [0.717, 1.165) is 22.4 Å². The van der Waals surface area contributed by atoms with Crippen LogP contribution in [-0.4, -0.2) is 0 Å². The van der Waals surface area contributed by atoms with Gasteiger partial charge in [-0.2, -0.15) is 0 Å². The zero-order valence-corrected chi connectivity index (χ0v) is 13.9. The van der Waals surface area contributed by atoms with Crippen LogP contribution in [0.1, 0.15) is 16.7 Å². The molecule has 0 aliphatic rings. The van der Waals surface area contributed by atoms with Gasteiger partial charge in [0, 0.05) is 10.7 Å². The molecule has 116 valence electrons. The fraction of sp³-hybridized carbons (Fsp3) is 0.158. The quantitative estimate of drug-likeness (QED) is 0.731. The van der Waals surface area contributed by atoms with E-state index in [1.165, 1.54) is 0 Å². The number of hydrogen-bond acceptors (Lipinski definition) is 3. The van der Waals surface area contributed by atoms with E-state index in [-0.39, 0.29) is 0 Å². The minimum atomic E-state index is -0.477. The monoisotopic (exact) mass is 325 g/mol. The average Bonchev–Trinajstić information content (AvgIpc) is 2.50. The van der Waals surface area contributed by atoms with Gasteiger partial charge < -0.3 is 5.32 Å². The van der Waals surface area contributed by atoms with Crippen LogP contribution in [0.5, 0.6) is 0 Å². The molecule has 4 heteroatoms. The Balaban J connectivity index is 2.06.